The smallest absolute Gasteiger partial charge is 0.134 e. The first-order valence-electron chi connectivity index (χ1n) is 5.22. The maximum Gasteiger partial charge on any atom is 0.134 e. The van der Waals surface area contributed by atoms with Crippen LogP contribution in [-0.2, 0) is 6.54 Å². The molecule has 1 aliphatic rings. The number of benzene rings is 1. The van der Waals surface area contributed by atoms with Gasteiger partial charge in [0, 0.05) is 15.9 Å². The number of rotatable bonds is 3. The second kappa shape index (κ2) is 3.65. The molecule has 1 saturated carbocycles. The molecule has 15 heavy (non-hydrogen) atoms. The van der Waals surface area contributed by atoms with E-state index in [0.29, 0.717) is 0 Å². The topological polar surface area (TPSA) is 25.2 Å². The molecule has 0 radical (unpaired) electrons. The summed E-state index contributed by atoms with van der Waals surface area (Å²) in [5, 5.41) is 4.61. The molecule has 0 bridgehead atoms. The Morgan fingerprint density at radius 1 is 1.33 bits per heavy atom. The number of hydrogen-bond donors (Lipinski definition) is 1. The highest BCUT2D eigenvalue weighted by atomic mass is 79.9. The molecule has 2 aromatic rings. The molecule has 1 N–H and O–H groups in total. The molecule has 1 fully saturated rings. The Balaban J connectivity index is 1.84. The molecule has 3 heteroatoms. The van der Waals surface area contributed by atoms with Crippen LogP contribution in [0.25, 0.3) is 11.0 Å². The third kappa shape index (κ3) is 2.08. The van der Waals surface area contributed by atoms with E-state index in [2.05, 4.69) is 33.4 Å². The third-order valence-corrected chi connectivity index (χ3v) is 3.16. The molecule has 1 aliphatic carbocycles. The van der Waals surface area contributed by atoms with Crippen molar-refractivity contribution in [1.29, 1.82) is 0 Å². The van der Waals surface area contributed by atoms with Gasteiger partial charge in [0.15, 0.2) is 0 Å². The fourth-order valence-corrected chi connectivity index (χ4v) is 2.07. The van der Waals surface area contributed by atoms with Crippen molar-refractivity contribution >= 4 is 26.9 Å². The highest BCUT2D eigenvalue weighted by Crippen LogP contribution is 2.24. The monoisotopic (exact) mass is 265 g/mol. The second-order valence-corrected chi connectivity index (χ2v) is 4.97. The summed E-state index contributed by atoms with van der Waals surface area (Å²) in [4.78, 5) is 0. The van der Waals surface area contributed by atoms with Crippen molar-refractivity contribution in [3.05, 3.63) is 34.5 Å². The standard InChI is InChI=1S/C12H12BrNO/c13-9-1-4-12-8(5-9)6-11(15-12)7-14-10-2-3-10/h1,4-6,10,14H,2-3,7H2. The molecule has 0 saturated heterocycles. The zero-order chi connectivity index (χ0) is 10.3. The summed E-state index contributed by atoms with van der Waals surface area (Å²) in [6, 6.07) is 8.92. The summed E-state index contributed by atoms with van der Waals surface area (Å²) in [6.45, 7) is 0.844. The van der Waals surface area contributed by atoms with E-state index in [9.17, 15) is 0 Å². The molecule has 0 amide bonds. The van der Waals surface area contributed by atoms with Crippen molar-refractivity contribution in [2.75, 3.05) is 0 Å². The van der Waals surface area contributed by atoms with Gasteiger partial charge in [-0.05, 0) is 37.1 Å². The summed E-state index contributed by atoms with van der Waals surface area (Å²) in [5.41, 5.74) is 0.964. The van der Waals surface area contributed by atoms with E-state index < -0.39 is 0 Å². The second-order valence-electron chi connectivity index (χ2n) is 4.05. The van der Waals surface area contributed by atoms with Crippen molar-refractivity contribution in [3.8, 4) is 0 Å². The molecule has 0 unspecified atom stereocenters. The first-order chi connectivity index (χ1) is 7.31. The first kappa shape index (κ1) is 9.43. The summed E-state index contributed by atoms with van der Waals surface area (Å²) in [5.74, 6) is 1.02. The molecule has 78 valence electrons. The van der Waals surface area contributed by atoms with Gasteiger partial charge in [0.1, 0.15) is 11.3 Å². The molecule has 2 nitrogen and oxygen atoms in total. The van der Waals surface area contributed by atoms with E-state index in [-0.39, 0.29) is 0 Å². The number of nitrogens with one attached hydrogen (secondary N) is 1. The van der Waals surface area contributed by atoms with Crippen LogP contribution in [0, 0.1) is 0 Å². The summed E-state index contributed by atoms with van der Waals surface area (Å²) >= 11 is 3.46. The van der Waals surface area contributed by atoms with E-state index in [1.807, 2.05) is 12.1 Å². The fraction of sp³-hybridized carbons (Fsp3) is 0.333. The van der Waals surface area contributed by atoms with E-state index in [1.54, 1.807) is 0 Å². The average molecular weight is 266 g/mol. The van der Waals surface area contributed by atoms with Gasteiger partial charge >= 0.3 is 0 Å². The predicted octanol–water partition coefficient (Wildman–Crippen LogP) is 3.45. The van der Waals surface area contributed by atoms with E-state index in [1.165, 1.54) is 12.8 Å². The molecular weight excluding hydrogens is 254 g/mol. The third-order valence-electron chi connectivity index (χ3n) is 2.67. The fourth-order valence-electron chi connectivity index (χ4n) is 1.69. The summed E-state index contributed by atoms with van der Waals surface area (Å²) in [7, 11) is 0. The molecular formula is C12H12BrNO. The molecule has 0 spiro atoms. The number of furan rings is 1. The van der Waals surface area contributed by atoms with E-state index in [4.69, 9.17) is 4.42 Å². The van der Waals surface area contributed by atoms with Gasteiger partial charge in [0.05, 0.1) is 6.54 Å². The van der Waals surface area contributed by atoms with Gasteiger partial charge in [-0.25, -0.2) is 0 Å². The number of fused-ring (bicyclic) bond motifs is 1. The average Bonchev–Trinajstić information content (AvgIpc) is 2.95. The minimum absolute atomic E-state index is 0.727. The minimum atomic E-state index is 0.727. The molecule has 1 aromatic carbocycles. The molecule has 3 rings (SSSR count). The van der Waals surface area contributed by atoms with Gasteiger partial charge in [-0.2, -0.15) is 0 Å². The van der Waals surface area contributed by atoms with Crippen molar-refractivity contribution in [2.24, 2.45) is 0 Å². The Labute approximate surface area is 96.8 Å². The van der Waals surface area contributed by atoms with Crippen molar-refractivity contribution < 1.29 is 4.42 Å². The lowest BCUT2D eigenvalue weighted by atomic mass is 10.2. The molecule has 1 aromatic heterocycles. The number of halogens is 1. The van der Waals surface area contributed by atoms with Crippen LogP contribution >= 0.6 is 15.9 Å². The van der Waals surface area contributed by atoms with Crippen LogP contribution in [0.2, 0.25) is 0 Å². The predicted molar refractivity (Wildman–Crippen MR) is 63.8 cm³/mol. The van der Waals surface area contributed by atoms with E-state index >= 15 is 0 Å². The van der Waals surface area contributed by atoms with Crippen LogP contribution in [0.5, 0.6) is 0 Å². The van der Waals surface area contributed by atoms with Crippen molar-refractivity contribution in [3.63, 3.8) is 0 Å². The van der Waals surface area contributed by atoms with Gasteiger partial charge in [0.25, 0.3) is 0 Å². The van der Waals surface area contributed by atoms with Crippen LogP contribution in [0.4, 0.5) is 0 Å². The maximum atomic E-state index is 5.72. The Morgan fingerprint density at radius 3 is 3.00 bits per heavy atom. The van der Waals surface area contributed by atoms with Gasteiger partial charge in [-0.1, -0.05) is 15.9 Å². The normalized spacial score (nSPS) is 16.1. The van der Waals surface area contributed by atoms with Crippen LogP contribution in [-0.4, -0.2) is 6.04 Å². The van der Waals surface area contributed by atoms with Crippen LogP contribution in [0.15, 0.2) is 33.2 Å². The maximum absolute atomic E-state index is 5.72. The van der Waals surface area contributed by atoms with Gasteiger partial charge in [0.2, 0.25) is 0 Å². The van der Waals surface area contributed by atoms with Crippen LogP contribution in [0.1, 0.15) is 18.6 Å². The number of hydrogen-bond acceptors (Lipinski definition) is 2. The largest absolute Gasteiger partial charge is 0.460 e. The van der Waals surface area contributed by atoms with Gasteiger partial charge in [-0.3, -0.25) is 0 Å². The first-order valence-corrected chi connectivity index (χ1v) is 6.02. The summed E-state index contributed by atoms with van der Waals surface area (Å²) in [6.07, 6.45) is 2.62. The zero-order valence-electron chi connectivity index (χ0n) is 8.29. The molecule has 0 aliphatic heterocycles. The highest BCUT2D eigenvalue weighted by molar-refractivity contribution is 9.10. The zero-order valence-corrected chi connectivity index (χ0v) is 9.88. The van der Waals surface area contributed by atoms with Crippen molar-refractivity contribution in [2.45, 2.75) is 25.4 Å². The quantitative estimate of drug-likeness (QED) is 0.920. The Morgan fingerprint density at radius 2 is 2.20 bits per heavy atom. The molecule has 0 atom stereocenters. The van der Waals surface area contributed by atoms with Crippen molar-refractivity contribution in [1.82, 2.24) is 5.32 Å². The lowest BCUT2D eigenvalue weighted by molar-refractivity contribution is 0.512. The highest BCUT2D eigenvalue weighted by Gasteiger charge is 2.20. The molecule has 1 heterocycles. The van der Waals surface area contributed by atoms with E-state index in [0.717, 1.165) is 33.8 Å². The van der Waals surface area contributed by atoms with Crippen LogP contribution in [0.3, 0.4) is 0 Å². The van der Waals surface area contributed by atoms with Gasteiger partial charge < -0.3 is 9.73 Å². The lowest BCUT2D eigenvalue weighted by Crippen LogP contribution is -2.14. The van der Waals surface area contributed by atoms with Crippen LogP contribution < -0.4 is 5.32 Å². The summed E-state index contributed by atoms with van der Waals surface area (Å²) < 4.78 is 6.81. The SMILES string of the molecule is Brc1ccc2oc(CNC3CC3)cc2c1. The Kier molecular flexibility index (Phi) is 2.29. The minimum Gasteiger partial charge on any atom is -0.460 e. The van der Waals surface area contributed by atoms with Gasteiger partial charge in [-0.15, -0.1) is 0 Å². The Bertz CT molecular complexity index is 487. The Hall–Kier alpha value is -0.800. The lowest BCUT2D eigenvalue weighted by Gasteiger charge is -1.96.